The number of benzene rings is 2. The van der Waals surface area contributed by atoms with Gasteiger partial charge in [-0.3, -0.25) is 0 Å². The summed E-state index contributed by atoms with van der Waals surface area (Å²) >= 11 is 6.20. The smallest absolute Gasteiger partial charge is 0.0471 e. The monoisotopic (exact) mass is 274 g/mol. The van der Waals surface area contributed by atoms with Crippen molar-refractivity contribution in [1.82, 2.24) is 0 Å². The highest BCUT2D eigenvalue weighted by Crippen LogP contribution is 2.24. The molecule has 3 heteroatoms. The molecule has 0 radical (unpaired) electrons. The average Bonchev–Trinajstić information content (AvgIpc) is 2.38. The van der Waals surface area contributed by atoms with E-state index in [2.05, 4.69) is 49.2 Å². The number of rotatable bonds is 4. The molecule has 2 N–H and O–H groups in total. The van der Waals surface area contributed by atoms with Crippen LogP contribution < -0.4 is 10.6 Å². The minimum absolute atomic E-state index is 0.473. The van der Waals surface area contributed by atoms with Crippen molar-refractivity contribution < 1.29 is 0 Å². The Balaban J connectivity index is 2.15. The van der Waals surface area contributed by atoms with Crippen LogP contribution in [0.3, 0.4) is 0 Å². The molecule has 19 heavy (non-hydrogen) atoms. The molecule has 2 rings (SSSR count). The fourth-order valence-corrected chi connectivity index (χ4v) is 2.37. The third-order valence-electron chi connectivity index (χ3n) is 3.20. The van der Waals surface area contributed by atoms with Gasteiger partial charge in [-0.1, -0.05) is 47.5 Å². The van der Waals surface area contributed by atoms with Gasteiger partial charge >= 0.3 is 0 Å². The summed E-state index contributed by atoms with van der Waals surface area (Å²) in [7, 11) is 2.07. The fourth-order valence-electron chi connectivity index (χ4n) is 2.11. The number of hydrogen-bond donors (Lipinski definition) is 1. The Labute approximate surface area is 119 Å². The molecule has 100 valence electrons. The summed E-state index contributed by atoms with van der Waals surface area (Å²) in [6.07, 6.45) is 0. The molecule has 2 nitrogen and oxygen atoms in total. The van der Waals surface area contributed by atoms with Crippen LogP contribution in [0.25, 0.3) is 0 Å². The highest BCUT2D eigenvalue weighted by Gasteiger charge is 2.05. The highest BCUT2D eigenvalue weighted by molar-refractivity contribution is 6.31. The van der Waals surface area contributed by atoms with Crippen molar-refractivity contribution in [1.29, 1.82) is 0 Å². The molecule has 0 aliphatic carbocycles. The molecule has 0 saturated heterocycles. The van der Waals surface area contributed by atoms with Crippen LogP contribution in [0.1, 0.15) is 16.7 Å². The summed E-state index contributed by atoms with van der Waals surface area (Å²) in [6, 6.07) is 14.6. The second-order valence-corrected chi connectivity index (χ2v) is 5.23. The van der Waals surface area contributed by atoms with E-state index in [0.29, 0.717) is 6.54 Å². The molecule has 0 atom stereocenters. The third kappa shape index (κ3) is 3.49. The quantitative estimate of drug-likeness (QED) is 0.920. The van der Waals surface area contributed by atoms with Crippen LogP contribution in [0.4, 0.5) is 5.69 Å². The van der Waals surface area contributed by atoms with Gasteiger partial charge in [0.25, 0.3) is 0 Å². The van der Waals surface area contributed by atoms with Gasteiger partial charge in [0.1, 0.15) is 0 Å². The molecule has 2 aromatic carbocycles. The molecular weight excluding hydrogens is 256 g/mol. The van der Waals surface area contributed by atoms with Crippen molar-refractivity contribution in [3.63, 3.8) is 0 Å². The normalized spacial score (nSPS) is 10.5. The van der Waals surface area contributed by atoms with Crippen LogP contribution in [0.2, 0.25) is 5.02 Å². The largest absolute Gasteiger partial charge is 0.370 e. The van der Waals surface area contributed by atoms with E-state index in [9.17, 15) is 0 Å². The lowest BCUT2D eigenvalue weighted by Crippen LogP contribution is -2.16. The van der Waals surface area contributed by atoms with Crippen molar-refractivity contribution in [3.05, 3.63) is 64.2 Å². The summed E-state index contributed by atoms with van der Waals surface area (Å²) in [5.41, 5.74) is 10.3. The van der Waals surface area contributed by atoms with Crippen molar-refractivity contribution >= 4 is 17.3 Å². The SMILES string of the molecule is Cc1cccc(CN(C)c2ccc(CN)c(Cl)c2)c1. The predicted octanol–water partition coefficient (Wildman–Crippen LogP) is 3.74. The maximum Gasteiger partial charge on any atom is 0.0471 e. The molecule has 0 amide bonds. The van der Waals surface area contributed by atoms with Gasteiger partial charge in [-0.2, -0.15) is 0 Å². The highest BCUT2D eigenvalue weighted by atomic mass is 35.5. The van der Waals surface area contributed by atoms with Crippen LogP contribution >= 0.6 is 11.6 Å². The first-order valence-corrected chi connectivity index (χ1v) is 6.73. The lowest BCUT2D eigenvalue weighted by atomic mass is 10.1. The molecule has 0 bridgehead atoms. The van der Waals surface area contributed by atoms with Gasteiger partial charge in [0.15, 0.2) is 0 Å². The molecule has 0 unspecified atom stereocenters. The standard InChI is InChI=1S/C16H19ClN2/c1-12-4-3-5-13(8-12)11-19(2)15-7-6-14(10-18)16(17)9-15/h3-9H,10-11,18H2,1-2H3. The van der Waals surface area contributed by atoms with Gasteiger partial charge in [0.2, 0.25) is 0 Å². The van der Waals surface area contributed by atoms with Crippen LogP contribution in [0.15, 0.2) is 42.5 Å². The molecule has 0 spiro atoms. The maximum atomic E-state index is 6.20. The lowest BCUT2D eigenvalue weighted by Gasteiger charge is -2.20. The summed E-state index contributed by atoms with van der Waals surface area (Å²) < 4.78 is 0. The van der Waals surface area contributed by atoms with Gasteiger partial charge in [-0.25, -0.2) is 0 Å². The summed E-state index contributed by atoms with van der Waals surface area (Å²) in [5.74, 6) is 0. The number of aryl methyl sites for hydroxylation is 1. The molecule has 2 aromatic rings. The number of anilines is 1. The van der Waals surface area contributed by atoms with Crippen molar-refractivity contribution in [2.75, 3.05) is 11.9 Å². The van der Waals surface area contributed by atoms with Gasteiger partial charge in [-0.05, 0) is 30.2 Å². The van der Waals surface area contributed by atoms with Crippen molar-refractivity contribution in [2.45, 2.75) is 20.0 Å². The average molecular weight is 275 g/mol. The Bertz CT molecular complexity index is 566. The first kappa shape index (κ1) is 13.9. The van der Waals surface area contributed by atoms with Crippen LogP contribution in [0, 0.1) is 6.92 Å². The number of halogens is 1. The third-order valence-corrected chi connectivity index (χ3v) is 3.55. The predicted molar refractivity (Wildman–Crippen MR) is 82.6 cm³/mol. The zero-order valence-corrected chi connectivity index (χ0v) is 12.1. The van der Waals surface area contributed by atoms with E-state index < -0.39 is 0 Å². The van der Waals surface area contributed by atoms with E-state index in [0.717, 1.165) is 22.8 Å². The second kappa shape index (κ2) is 6.09. The minimum Gasteiger partial charge on any atom is -0.370 e. The van der Waals surface area contributed by atoms with Gasteiger partial charge < -0.3 is 10.6 Å². The zero-order valence-electron chi connectivity index (χ0n) is 11.4. The van der Waals surface area contributed by atoms with Gasteiger partial charge in [0.05, 0.1) is 0 Å². The Hall–Kier alpha value is -1.51. The lowest BCUT2D eigenvalue weighted by molar-refractivity contribution is 0.920. The van der Waals surface area contributed by atoms with Crippen LogP contribution in [-0.2, 0) is 13.1 Å². The summed E-state index contributed by atoms with van der Waals surface area (Å²) in [5, 5.41) is 0.732. The maximum absolute atomic E-state index is 6.20. The molecular formula is C16H19ClN2. The van der Waals surface area contributed by atoms with Crippen LogP contribution in [-0.4, -0.2) is 7.05 Å². The van der Waals surface area contributed by atoms with Gasteiger partial charge in [0, 0.05) is 30.8 Å². The fraction of sp³-hybridized carbons (Fsp3) is 0.250. The van der Waals surface area contributed by atoms with E-state index in [-0.39, 0.29) is 0 Å². The van der Waals surface area contributed by atoms with E-state index in [4.69, 9.17) is 17.3 Å². The summed E-state index contributed by atoms with van der Waals surface area (Å²) in [6.45, 7) is 3.44. The minimum atomic E-state index is 0.473. The van der Waals surface area contributed by atoms with Crippen LogP contribution in [0.5, 0.6) is 0 Å². The molecule has 0 saturated carbocycles. The topological polar surface area (TPSA) is 29.3 Å². The Kier molecular flexibility index (Phi) is 4.46. The van der Waals surface area contributed by atoms with E-state index in [1.165, 1.54) is 11.1 Å². The van der Waals surface area contributed by atoms with E-state index >= 15 is 0 Å². The van der Waals surface area contributed by atoms with Gasteiger partial charge in [-0.15, -0.1) is 0 Å². The Morgan fingerprint density at radius 3 is 2.58 bits per heavy atom. The van der Waals surface area contributed by atoms with E-state index in [1.807, 2.05) is 12.1 Å². The van der Waals surface area contributed by atoms with E-state index in [1.54, 1.807) is 0 Å². The molecule has 0 aliphatic rings. The number of nitrogens with two attached hydrogens (primary N) is 1. The number of nitrogens with zero attached hydrogens (tertiary/aromatic N) is 1. The molecule has 0 fully saturated rings. The second-order valence-electron chi connectivity index (χ2n) is 4.82. The molecule has 0 heterocycles. The first-order chi connectivity index (χ1) is 9.10. The number of hydrogen-bond acceptors (Lipinski definition) is 2. The zero-order chi connectivity index (χ0) is 13.8. The first-order valence-electron chi connectivity index (χ1n) is 6.35. The van der Waals surface area contributed by atoms with Crippen molar-refractivity contribution in [2.24, 2.45) is 5.73 Å². The Morgan fingerprint density at radius 2 is 1.95 bits per heavy atom. The Morgan fingerprint density at radius 1 is 1.16 bits per heavy atom. The van der Waals surface area contributed by atoms with Crippen molar-refractivity contribution in [3.8, 4) is 0 Å². The summed E-state index contributed by atoms with van der Waals surface area (Å²) in [4.78, 5) is 2.18. The molecule has 0 aromatic heterocycles. The molecule has 0 aliphatic heterocycles.